The first-order chi connectivity index (χ1) is 9.29. The molecule has 1 aromatic rings. The Kier molecular flexibility index (Phi) is 5.98. The molecule has 0 aliphatic rings. The fraction of sp³-hybridized carbons (Fsp3) is 0.429. The summed E-state index contributed by atoms with van der Waals surface area (Å²) < 4.78 is 0. The van der Waals surface area contributed by atoms with Crippen molar-refractivity contribution in [2.75, 3.05) is 18.4 Å². The standard InChI is InChI=1S/C14H20ClN3O2/c1-9(2)18(7-13(16)19)8-14(20)17-12-5-4-11(15)6-10(12)3/h4-6,9H,7-8H2,1-3H3,(H2,16,19)(H,17,20). The normalized spacial score (nSPS) is 10.9. The maximum Gasteiger partial charge on any atom is 0.238 e. The summed E-state index contributed by atoms with van der Waals surface area (Å²) in [7, 11) is 0. The molecule has 3 N–H and O–H groups in total. The lowest BCUT2D eigenvalue weighted by atomic mass is 10.2. The van der Waals surface area contributed by atoms with Gasteiger partial charge < -0.3 is 11.1 Å². The minimum atomic E-state index is -0.450. The number of aryl methyl sites for hydroxylation is 1. The van der Waals surface area contributed by atoms with Gasteiger partial charge in [-0.05, 0) is 44.5 Å². The zero-order chi connectivity index (χ0) is 15.3. The molecular formula is C14H20ClN3O2. The number of carbonyl (C=O) groups is 2. The highest BCUT2D eigenvalue weighted by atomic mass is 35.5. The molecule has 2 amide bonds. The van der Waals surface area contributed by atoms with Gasteiger partial charge in [-0.15, -0.1) is 0 Å². The van der Waals surface area contributed by atoms with Crippen molar-refractivity contribution in [2.45, 2.75) is 26.8 Å². The predicted octanol–water partition coefficient (Wildman–Crippen LogP) is 1.78. The number of nitrogens with zero attached hydrogens (tertiary/aromatic N) is 1. The van der Waals surface area contributed by atoms with Crippen LogP contribution in [0.25, 0.3) is 0 Å². The summed E-state index contributed by atoms with van der Waals surface area (Å²) in [4.78, 5) is 24.7. The van der Waals surface area contributed by atoms with Crippen molar-refractivity contribution in [3.8, 4) is 0 Å². The van der Waals surface area contributed by atoms with Crippen LogP contribution in [-0.2, 0) is 9.59 Å². The van der Waals surface area contributed by atoms with Crippen LogP contribution >= 0.6 is 11.6 Å². The van der Waals surface area contributed by atoms with Gasteiger partial charge in [-0.3, -0.25) is 14.5 Å². The van der Waals surface area contributed by atoms with E-state index < -0.39 is 5.91 Å². The van der Waals surface area contributed by atoms with Gasteiger partial charge in [0.25, 0.3) is 0 Å². The summed E-state index contributed by atoms with van der Waals surface area (Å²) in [5.74, 6) is -0.639. The van der Waals surface area contributed by atoms with Gasteiger partial charge in [-0.25, -0.2) is 0 Å². The molecule has 110 valence electrons. The molecule has 0 spiro atoms. The van der Waals surface area contributed by atoms with Gasteiger partial charge in [0, 0.05) is 16.8 Å². The molecule has 0 atom stereocenters. The van der Waals surface area contributed by atoms with Crippen LogP contribution in [0.15, 0.2) is 18.2 Å². The molecule has 6 heteroatoms. The van der Waals surface area contributed by atoms with Gasteiger partial charge in [0.1, 0.15) is 0 Å². The van der Waals surface area contributed by atoms with Crippen LogP contribution in [0.3, 0.4) is 0 Å². The number of primary amides is 1. The quantitative estimate of drug-likeness (QED) is 0.840. The summed E-state index contributed by atoms with van der Waals surface area (Å²) in [5.41, 5.74) is 6.77. The molecule has 0 aliphatic carbocycles. The number of anilines is 1. The second-order valence-electron chi connectivity index (χ2n) is 4.97. The fourth-order valence-electron chi connectivity index (χ4n) is 1.76. The zero-order valence-electron chi connectivity index (χ0n) is 11.9. The number of hydrogen-bond acceptors (Lipinski definition) is 3. The van der Waals surface area contributed by atoms with E-state index in [0.717, 1.165) is 5.56 Å². The van der Waals surface area contributed by atoms with Crippen LogP contribution in [0, 0.1) is 6.92 Å². The van der Waals surface area contributed by atoms with Gasteiger partial charge >= 0.3 is 0 Å². The molecule has 0 unspecified atom stereocenters. The zero-order valence-corrected chi connectivity index (χ0v) is 12.7. The summed E-state index contributed by atoms with van der Waals surface area (Å²) >= 11 is 5.86. The molecule has 0 aromatic heterocycles. The molecule has 0 radical (unpaired) electrons. The van der Waals surface area contributed by atoms with E-state index in [-0.39, 0.29) is 25.0 Å². The molecule has 0 saturated heterocycles. The monoisotopic (exact) mass is 297 g/mol. The number of benzene rings is 1. The van der Waals surface area contributed by atoms with Crippen molar-refractivity contribution >= 4 is 29.1 Å². The highest BCUT2D eigenvalue weighted by molar-refractivity contribution is 6.30. The van der Waals surface area contributed by atoms with Crippen LogP contribution in [0.4, 0.5) is 5.69 Å². The number of amides is 2. The van der Waals surface area contributed by atoms with E-state index in [1.807, 2.05) is 20.8 Å². The Hall–Kier alpha value is -1.59. The van der Waals surface area contributed by atoms with E-state index in [0.29, 0.717) is 10.7 Å². The van der Waals surface area contributed by atoms with Crippen molar-refractivity contribution in [2.24, 2.45) is 5.73 Å². The highest BCUT2D eigenvalue weighted by Gasteiger charge is 2.16. The van der Waals surface area contributed by atoms with Crippen molar-refractivity contribution in [3.63, 3.8) is 0 Å². The van der Waals surface area contributed by atoms with E-state index in [4.69, 9.17) is 17.3 Å². The number of rotatable bonds is 6. The lowest BCUT2D eigenvalue weighted by Gasteiger charge is -2.24. The Bertz CT molecular complexity index is 503. The largest absolute Gasteiger partial charge is 0.369 e. The number of carbonyl (C=O) groups excluding carboxylic acids is 2. The fourth-order valence-corrected chi connectivity index (χ4v) is 1.99. The van der Waals surface area contributed by atoms with E-state index >= 15 is 0 Å². The lowest BCUT2D eigenvalue weighted by Crippen LogP contribution is -2.43. The predicted molar refractivity (Wildman–Crippen MR) is 80.7 cm³/mol. The Morgan fingerprint density at radius 3 is 2.50 bits per heavy atom. The van der Waals surface area contributed by atoms with Crippen LogP contribution in [0.5, 0.6) is 0 Å². The third-order valence-corrected chi connectivity index (χ3v) is 3.13. The Labute approximate surface area is 124 Å². The number of halogens is 1. The van der Waals surface area contributed by atoms with Gasteiger partial charge in [0.2, 0.25) is 11.8 Å². The van der Waals surface area contributed by atoms with E-state index in [1.165, 1.54) is 0 Å². The van der Waals surface area contributed by atoms with Gasteiger partial charge in [0.15, 0.2) is 0 Å². The molecule has 0 heterocycles. The third-order valence-electron chi connectivity index (χ3n) is 2.90. The summed E-state index contributed by atoms with van der Waals surface area (Å²) in [6.07, 6.45) is 0. The first kappa shape index (κ1) is 16.5. The molecule has 20 heavy (non-hydrogen) atoms. The Balaban J connectivity index is 2.68. The molecule has 0 saturated carbocycles. The first-order valence-electron chi connectivity index (χ1n) is 6.38. The van der Waals surface area contributed by atoms with E-state index in [1.54, 1.807) is 23.1 Å². The lowest BCUT2D eigenvalue weighted by molar-refractivity contribution is -0.121. The van der Waals surface area contributed by atoms with Crippen LogP contribution in [0.1, 0.15) is 19.4 Å². The van der Waals surface area contributed by atoms with Crippen molar-refractivity contribution in [1.82, 2.24) is 4.90 Å². The Morgan fingerprint density at radius 2 is 2.00 bits per heavy atom. The number of nitrogens with two attached hydrogens (primary N) is 1. The second-order valence-corrected chi connectivity index (χ2v) is 5.41. The van der Waals surface area contributed by atoms with Crippen LogP contribution < -0.4 is 11.1 Å². The highest BCUT2D eigenvalue weighted by Crippen LogP contribution is 2.19. The van der Waals surface area contributed by atoms with E-state index in [9.17, 15) is 9.59 Å². The maximum atomic E-state index is 12.0. The third kappa shape index (κ3) is 5.19. The first-order valence-corrected chi connectivity index (χ1v) is 6.75. The summed E-state index contributed by atoms with van der Waals surface area (Å²) in [5, 5.41) is 3.43. The molecule has 0 bridgehead atoms. The minimum Gasteiger partial charge on any atom is -0.369 e. The Morgan fingerprint density at radius 1 is 1.35 bits per heavy atom. The smallest absolute Gasteiger partial charge is 0.238 e. The van der Waals surface area contributed by atoms with Gasteiger partial charge in [0.05, 0.1) is 13.1 Å². The van der Waals surface area contributed by atoms with Crippen LogP contribution in [-0.4, -0.2) is 35.8 Å². The molecule has 0 aliphatic heterocycles. The second kappa shape index (κ2) is 7.26. The minimum absolute atomic E-state index is 0.0552. The SMILES string of the molecule is Cc1cc(Cl)ccc1NC(=O)CN(CC(N)=O)C(C)C. The van der Waals surface area contributed by atoms with Crippen molar-refractivity contribution in [3.05, 3.63) is 28.8 Å². The summed E-state index contributed by atoms with van der Waals surface area (Å²) in [6.45, 7) is 5.85. The molecule has 1 aromatic carbocycles. The van der Waals surface area contributed by atoms with Gasteiger partial charge in [-0.1, -0.05) is 11.6 Å². The van der Waals surface area contributed by atoms with E-state index in [2.05, 4.69) is 5.32 Å². The van der Waals surface area contributed by atoms with Gasteiger partial charge in [-0.2, -0.15) is 0 Å². The summed E-state index contributed by atoms with van der Waals surface area (Å²) in [6, 6.07) is 5.30. The molecular weight excluding hydrogens is 278 g/mol. The van der Waals surface area contributed by atoms with Crippen LogP contribution in [0.2, 0.25) is 5.02 Å². The number of nitrogens with one attached hydrogen (secondary N) is 1. The average Bonchev–Trinajstić information content (AvgIpc) is 2.31. The average molecular weight is 298 g/mol. The molecule has 5 nitrogen and oxygen atoms in total. The molecule has 1 rings (SSSR count). The van der Waals surface area contributed by atoms with Crippen molar-refractivity contribution in [1.29, 1.82) is 0 Å². The topological polar surface area (TPSA) is 75.4 Å². The molecule has 0 fully saturated rings. The number of hydrogen-bond donors (Lipinski definition) is 2. The van der Waals surface area contributed by atoms with Crippen molar-refractivity contribution < 1.29 is 9.59 Å². The maximum absolute atomic E-state index is 12.0.